The lowest BCUT2D eigenvalue weighted by Crippen LogP contribution is -2.41. The van der Waals surface area contributed by atoms with Crippen molar-refractivity contribution in [2.45, 2.75) is 0 Å². The van der Waals surface area contributed by atoms with E-state index in [0.717, 1.165) is 0 Å². The van der Waals surface area contributed by atoms with Crippen LogP contribution in [0.15, 0.2) is 54.7 Å². The monoisotopic (exact) mass is 471 g/mol. The van der Waals surface area contributed by atoms with Gasteiger partial charge >= 0.3 is 0 Å². The van der Waals surface area contributed by atoms with Crippen LogP contribution in [-0.2, 0) is 4.74 Å². The maximum atomic E-state index is 12.7. The molecule has 2 N–H and O–H groups in total. The Hall–Kier alpha value is -3.20. The third kappa shape index (κ3) is 5.16. The van der Waals surface area contributed by atoms with Gasteiger partial charge in [-0.05, 0) is 30.3 Å². The summed E-state index contributed by atoms with van der Waals surface area (Å²) in [5.41, 5.74) is 1.01. The number of aromatic nitrogens is 2. The lowest BCUT2D eigenvalue weighted by Gasteiger charge is -2.26. The lowest BCUT2D eigenvalue weighted by molar-refractivity contribution is 0.0299. The smallest absolute Gasteiger partial charge is 0.272 e. The first-order valence-corrected chi connectivity index (χ1v) is 10.6. The van der Waals surface area contributed by atoms with E-state index in [2.05, 4.69) is 20.6 Å². The molecule has 32 heavy (non-hydrogen) atoms. The second-order valence-corrected chi connectivity index (χ2v) is 7.73. The van der Waals surface area contributed by atoms with Crippen LogP contribution in [0.5, 0.6) is 0 Å². The summed E-state index contributed by atoms with van der Waals surface area (Å²) in [4.78, 5) is 35.6. The van der Waals surface area contributed by atoms with E-state index in [4.69, 9.17) is 27.9 Å². The number of amides is 2. The summed E-state index contributed by atoms with van der Waals surface area (Å²) in [5.74, 6) is 0.308. The van der Waals surface area contributed by atoms with E-state index in [9.17, 15) is 9.59 Å². The van der Waals surface area contributed by atoms with Crippen molar-refractivity contribution in [1.29, 1.82) is 0 Å². The van der Waals surface area contributed by atoms with Crippen LogP contribution in [0, 0.1) is 0 Å². The molecule has 2 amide bonds. The molecule has 0 spiro atoms. The third-order valence-electron chi connectivity index (χ3n) is 4.73. The predicted molar refractivity (Wildman–Crippen MR) is 123 cm³/mol. The zero-order valence-electron chi connectivity index (χ0n) is 16.8. The molecule has 2 aromatic heterocycles. The first-order chi connectivity index (χ1) is 15.5. The molecule has 10 heteroatoms. The van der Waals surface area contributed by atoms with Gasteiger partial charge in [0, 0.05) is 31.0 Å². The van der Waals surface area contributed by atoms with Crippen molar-refractivity contribution in [1.82, 2.24) is 14.9 Å². The van der Waals surface area contributed by atoms with Gasteiger partial charge in [-0.2, -0.15) is 0 Å². The van der Waals surface area contributed by atoms with Gasteiger partial charge in [-0.1, -0.05) is 35.3 Å². The number of carbonyl (C=O) groups excluding carboxylic acids is 2. The van der Waals surface area contributed by atoms with Crippen LogP contribution in [-0.4, -0.2) is 53.0 Å². The molecule has 4 rings (SSSR count). The van der Waals surface area contributed by atoms with Crippen LogP contribution < -0.4 is 10.6 Å². The third-order valence-corrected chi connectivity index (χ3v) is 5.36. The second kappa shape index (κ2) is 9.95. The van der Waals surface area contributed by atoms with Gasteiger partial charge in [-0.3, -0.25) is 9.59 Å². The molecular weight excluding hydrogens is 453 g/mol. The summed E-state index contributed by atoms with van der Waals surface area (Å²) in [6.07, 6.45) is 1.54. The molecule has 8 nitrogen and oxygen atoms in total. The first kappa shape index (κ1) is 22.0. The minimum absolute atomic E-state index is 0.150. The standard InChI is InChI=1S/C22H19Cl2N5O3/c23-15-3-1-4-16(24)20(15)21(30)26-14-7-8-25-19(13-14)28-18-6-2-5-17(27-18)22(31)29-9-11-32-12-10-29/h1-8,13H,9-12H2,(H2,25,26,27,28,30). The van der Waals surface area contributed by atoms with Gasteiger partial charge in [0.05, 0.1) is 28.8 Å². The van der Waals surface area contributed by atoms with E-state index in [-0.39, 0.29) is 21.5 Å². The van der Waals surface area contributed by atoms with Gasteiger partial charge in [0.1, 0.15) is 17.3 Å². The topological polar surface area (TPSA) is 96.5 Å². The highest BCUT2D eigenvalue weighted by molar-refractivity contribution is 6.40. The summed E-state index contributed by atoms with van der Waals surface area (Å²) >= 11 is 12.2. The number of halogens is 2. The van der Waals surface area contributed by atoms with Crippen molar-refractivity contribution in [3.63, 3.8) is 0 Å². The van der Waals surface area contributed by atoms with Gasteiger partial charge in [0.15, 0.2) is 0 Å². The van der Waals surface area contributed by atoms with Crippen molar-refractivity contribution in [3.05, 3.63) is 76.0 Å². The summed E-state index contributed by atoms with van der Waals surface area (Å²) in [6.45, 7) is 2.12. The van der Waals surface area contributed by atoms with Crippen molar-refractivity contribution in [2.24, 2.45) is 0 Å². The van der Waals surface area contributed by atoms with Gasteiger partial charge < -0.3 is 20.3 Å². The zero-order valence-corrected chi connectivity index (χ0v) is 18.4. The van der Waals surface area contributed by atoms with E-state index in [1.165, 1.54) is 6.20 Å². The Balaban J connectivity index is 1.47. The SMILES string of the molecule is O=C(Nc1ccnc(Nc2cccc(C(=O)N3CCOCC3)n2)c1)c1c(Cl)cccc1Cl. The molecule has 1 aromatic carbocycles. The van der Waals surface area contributed by atoms with Gasteiger partial charge in [-0.15, -0.1) is 0 Å². The van der Waals surface area contributed by atoms with Crippen molar-refractivity contribution in [3.8, 4) is 0 Å². The number of morpholine rings is 1. The Morgan fingerprint density at radius 3 is 2.44 bits per heavy atom. The van der Waals surface area contributed by atoms with Crippen LogP contribution in [0.3, 0.4) is 0 Å². The molecule has 0 atom stereocenters. The van der Waals surface area contributed by atoms with Crippen LogP contribution >= 0.6 is 23.2 Å². The molecule has 1 aliphatic rings. The Morgan fingerprint density at radius 2 is 1.69 bits per heavy atom. The molecule has 1 aliphatic heterocycles. The van der Waals surface area contributed by atoms with Crippen molar-refractivity contribution < 1.29 is 14.3 Å². The first-order valence-electron chi connectivity index (χ1n) is 9.84. The molecule has 0 bridgehead atoms. The molecular formula is C22H19Cl2N5O3. The Morgan fingerprint density at radius 1 is 0.969 bits per heavy atom. The van der Waals surface area contributed by atoms with E-state index in [1.807, 2.05) is 0 Å². The summed E-state index contributed by atoms with van der Waals surface area (Å²) < 4.78 is 5.29. The number of nitrogens with one attached hydrogen (secondary N) is 2. The highest BCUT2D eigenvalue weighted by atomic mass is 35.5. The molecule has 164 valence electrons. The fraction of sp³-hybridized carbons (Fsp3) is 0.182. The van der Waals surface area contributed by atoms with E-state index in [0.29, 0.717) is 49.3 Å². The zero-order chi connectivity index (χ0) is 22.5. The Labute approximate surface area is 194 Å². The number of nitrogens with zero attached hydrogens (tertiary/aromatic N) is 3. The van der Waals surface area contributed by atoms with Gasteiger partial charge in [0.2, 0.25) is 0 Å². The van der Waals surface area contributed by atoms with Crippen molar-refractivity contribution >= 4 is 52.3 Å². The minimum atomic E-state index is -0.436. The largest absolute Gasteiger partial charge is 0.378 e. The molecule has 1 fully saturated rings. The highest BCUT2D eigenvalue weighted by Gasteiger charge is 2.20. The predicted octanol–water partition coefficient (Wildman–Crippen LogP) is 4.25. The maximum absolute atomic E-state index is 12.7. The van der Waals surface area contributed by atoms with Crippen LogP contribution in [0.2, 0.25) is 10.0 Å². The average Bonchev–Trinajstić information content (AvgIpc) is 2.79. The molecule has 0 saturated carbocycles. The number of carbonyl (C=O) groups is 2. The second-order valence-electron chi connectivity index (χ2n) is 6.92. The number of rotatable bonds is 5. The minimum Gasteiger partial charge on any atom is -0.378 e. The number of benzene rings is 1. The van der Waals surface area contributed by atoms with E-state index < -0.39 is 5.91 Å². The highest BCUT2D eigenvalue weighted by Crippen LogP contribution is 2.26. The number of anilines is 3. The van der Waals surface area contributed by atoms with Crippen molar-refractivity contribution in [2.75, 3.05) is 36.9 Å². The van der Waals surface area contributed by atoms with Crippen LogP contribution in [0.1, 0.15) is 20.8 Å². The molecule has 0 unspecified atom stereocenters. The van der Waals surface area contributed by atoms with Crippen LogP contribution in [0.25, 0.3) is 0 Å². The molecule has 0 aliphatic carbocycles. The lowest BCUT2D eigenvalue weighted by atomic mass is 10.2. The average molecular weight is 472 g/mol. The maximum Gasteiger partial charge on any atom is 0.272 e. The summed E-state index contributed by atoms with van der Waals surface area (Å²) in [5, 5.41) is 6.33. The molecule has 3 aromatic rings. The number of hydrogen-bond donors (Lipinski definition) is 2. The normalized spacial score (nSPS) is 13.5. The summed E-state index contributed by atoms with van der Waals surface area (Å²) in [7, 11) is 0. The van der Waals surface area contributed by atoms with E-state index in [1.54, 1.807) is 53.4 Å². The molecule has 0 radical (unpaired) electrons. The Kier molecular flexibility index (Phi) is 6.84. The molecule has 1 saturated heterocycles. The van der Waals surface area contributed by atoms with Gasteiger partial charge in [-0.25, -0.2) is 9.97 Å². The fourth-order valence-electron chi connectivity index (χ4n) is 3.17. The van der Waals surface area contributed by atoms with E-state index >= 15 is 0 Å². The fourth-order valence-corrected chi connectivity index (χ4v) is 3.74. The molecule has 3 heterocycles. The van der Waals surface area contributed by atoms with Gasteiger partial charge in [0.25, 0.3) is 11.8 Å². The van der Waals surface area contributed by atoms with Crippen LogP contribution in [0.4, 0.5) is 17.3 Å². The number of ether oxygens (including phenoxy) is 1. The summed E-state index contributed by atoms with van der Waals surface area (Å²) in [6, 6.07) is 13.3. The number of hydrogen-bond acceptors (Lipinski definition) is 6. The number of pyridine rings is 2. The quantitative estimate of drug-likeness (QED) is 0.577. The Bertz CT molecular complexity index is 1130.